The Morgan fingerprint density at radius 2 is 1.90 bits per heavy atom. The molecule has 10 heavy (non-hydrogen) atoms. The van der Waals surface area contributed by atoms with Crippen LogP contribution in [-0.4, -0.2) is 19.1 Å². The van der Waals surface area contributed by atoms with Crippen LogP contribution < -0.4 is 5.43 Å². The normalized spacial score (nSPS) is 8.90. The average molecular weight is 144 g/mol. The first-order chi connectivity index (χ1) is 4.81. The van der Waals surface area contributed by atoms with E-state index in [0.29, 0.717) is 0 Å². The fourth-order valence-electron chi connectivity index (χ4n) is 0.338. The molecule has 0 heterocycles. The van der Waals surface area contributed by atoms with Crippen LogP contribution in [0.2, 0.25) is 0 Å². The average Bonchev–Trinajstić information content (AvgIpc) is 2.04. The predicted octanol–water partition coefficient (Wildman–Crippen LogP) is 2.00. The van der Waals surface area contributed by atoms with E-state index in [4.69, 9.17) is 0 Å². The summed E-state index contributed by atoms with van der Waals surface area (Å²) >= 11 is 0. The summed E-state index contributed by atoms with van der Waals surface area (Å²) in [4.78, 5) is 0. The fourth-order valence-corrected chi connectivity index (χ4v) is 0.338. The minimum absolute atomic E-state index is 1.09. The number of rotatable bonds is 3. The highest BCUT2D eigenvalue weighted by Crippen LogP contribution is 1.80. The zero-order valence-corrected chi connectivity index (χ0v) is 7.81. The van der Waals surface area contributed by atoms with Gasteiger partial charge in [0, 0.05) is 20.3 Å². The van der Waals surface area contributed by atoms with E-state index in [1.165, 1.54) is 0 Å². The van der Waals surface area contributed by atoms with Gasteiger partial charge in [0.2, 0.25) is 0 Å². The van der Waals surface area contributed by atoms with Gasteiger partial charge < -0.3 is 5.01 Å². The van der Waals surface area contributed by atoms with Crippen LogP contribution in [0.5, 0.6) is 0 Å². The summed E-state index contributed by atoms with van der Waals surface area (Å²) in [5, 5.41) is 1.91. The van der Waals surface area contributed by atoms with E-state index in [1.807, 2.05) is 39.2 Å². The fraction of sp³-hybridized carbons (Fsp3) is 0.750. The zero-order chi connectivity index (χ0) is 8.41. The van der Waals surface area contributed by atoms with E-state index >= 15 is 0 Å². The summed E-state index contributed by atoms with van der Waals surface area (Å²) < 4.78 is 0. The second kappa shape index (κ2) is 11.3. The molecule has 0 aliphatic carbocycles. The van der Waals surface area contributed by atoms with Crippen molar-refractivity contribution in [2.24, 2.45) is 0 Å². The van der Waals surface area contributed by atoms with Gasteiger partial charge in [-0.1, -0.05) is 26.8 Å². The van der Waals surface area contributed by atoms with Crippen LogP contribution in [0.1, 0.15) is 27.2 Å². The molecular formula is C8H20N2. The van der Waals surface area contributed by atoms with Crippen LogP contribution in [-0.2, 0) is 0 Å². The van der Waals surface area contributed by atoms with E-state index < -0.39 is 0 Å². The molecule has 0 saturated carbocycles. The van der Waals surface area contributed by atoms with Gasteiger partial charge in [0.25, 0.3) is 0 Å². The third-order valence-corrected chi connectivity index (χ3v) is 0.917. The van der Waals surface area contributed by atoms with Crippen LogP contribution >= 0.6 is 0 Å². The second-order valence-corrected chi connectivity index (χ2v) is 1.63. The van der Waals surface area contributed by atoms with Gasteiger partial charge in [0.1, 0.15) is 0 Å². The molecule has 0 amide bonds. The third kappa shape index (κ3) is 10.5. The number of hydrogen-bond donors (Lipinski definition) is 1. The molecule has 0 bridgehead atoms. The molecule has 0 spiro atoms. The van der Waals surface area contributed by atoms with E-state index in [1.54, 1.807) is 0 Å². The largest absolute Gasteiger partial charge is 0.319 e. The van der Waals surface area contributed by atoms with Crippen molar-refractivity contribution in [3.63, 3.8) is 0 Å². The maximum atomic E-state index is 2.95. The molecule has 2 nitrogen and oxygen atoms in total. The maximum Gasteiger partial charge on any atom is 0.0225 e. The van der Waals surface area contributed by atoms with E-state index in [9.17, 15) is 0 Å². The Morgan fingerprint density at radius 3 is 2.20 bits per heavy atom. The van der Waals surface area contributed by atoms with Crippen molar-refractivity contribution in [2.45, 2.75) is 27.2 Å². The van der Waals surface area contributed by atoms with Gasteiger partial charge in [-0.3, -0.25) is 0 Å². The highest BCUT2D eigenvalue weighted by atomic mass is 15.5. The molecule has 0 fully saturated rings. The van der Waals surface area contributed by atoms with Gasteiger partial charge in [-0.25, -0.2) is 5.43 Å². The smallest absolute Gasteiger partial charge is 0.0225 e. The van der Waals surface area contributed by atoms with E-state index in [0.717, 1.165) is 6.42 Å². The quantitative estimate of drug-likeness (QED) is 0.609. The van der Waals surface area contributed by atoms with Crippen molar-refractivity contribution < 1.29 is 0 Å². The van der Waals surface area contributed by atoms with Crippen LogP contribution in [0, 0.1) is 0 Å². The van der Waals surface area contributed by atoms with Gasteiger partial charge in [-0.05, 0) is 6.42 Å². The summed E-state index contributed by atoms with van der Waals surface area (Å²) in [6, 6.07) is 0. The lowest BCUT2D eigenvalue weighted by molar-refractivity contribution is 0.364. The number of nitrogens with zero attached hydrogens (tertiary/aromatic N) is 1. The number of hydrogen-bond acceptors (Lipinski definition) is 2. The Hall–Kier alpha value is -0.500. The van der Waals surface area contributed by atoms with Gasteiger partial charge in [0.15, 0.2) is 0 Å². The second-order valence-electron chi connectivity index (χ2n) is 1.63. The zero-order valence-electron chi connectivity index (χ0n) is 7.81. The summed E-state index contributed by atoms with van der Waals surface area (Å²) in [7, 11) is 3.85. The number of allylic oxidation sites excluding steroid dienone is 1. The Labute approximate surface area is 64.9 Å². The third-order valence-electron chi connectivity index (χ3n) is 0.917. The molecular weight excluding hydrogens is 124 g/mol. The van der Waals surface area contributed by atoms with Gasteiger partial charge >= 0.3 is 0 Å². The Balaban J connectivity index is 0. The summed E-state index contributed by atoms with van der Waals surface area (Å²) in [6.45, 7) is 6.11. The molecule has 0 unspecified atom stereocenters. The van der Waals surface area contributed by atoms with Crippen molar-refractivity contribution in [3.05, 3.63) is 12.3 Å². The molecule has 0 aliphatic rings. The lowest BCUT2D eigenvalue weighted by atomic mass is 10.5. The Morgan fingerprint density at radius 1 is 1.40 bits per heavy atom. The Kier molecular flexibility index (Phi) is 13.8. The van der Waals surface area contributed by atoms with Crippen LogP contribution in [0.15, 0.2) is 12.3 Å². The van der Waals surface area contributed by atoms with Crippen molar-refractivity contribution >= 4 is 0 Å². The molecule has 0 atom stereocenters. The summed E-state index contributed by atoms with van der Waals surface area (Å²) in [5.74, 6) is 0. The molecule has 0 radical (unpaired) electrons. The van der Waals surface area contributed by atoms with Crippen LogP contribution in [0.4, 0.5) is 0 Å². The molecule has 0 aromatic carbocycles. The van der Waals surface area contributed by atoms with E-state index in [-0.39, 0.29) is 0 Å². The lowest BCUT2D eigenvalue weighted by Crippen LogP contribution is -2.24. The first kappa shape index (κ1) is 12.2. The van der Waals surface area contributed by atoms with Crippen LogP contribution in [0.3, 0.4) is 0 Å². The molecule has 2 heteroatoms. The van der Waals surface area contributed by atoms with Crippen LogP contribution in [0.25, 0.3) is 0 Å². The standard InChI is InChI=1S/C6H14N2.C2H6/c1-4-5-6-8(3)7-2;1-2/h5-7H,4H2,1-3H3;1-2H3/b6-5+;. The van der Waals surface area contributed by atoms with Crippen molar-refractivity contribution in [2.75, 3.05) is 14.1 Å². The minimum atomic E-state index is 1.09. The molecule has 0 saturated heterocycles. The first-order valence-electron chi connectivity index (χ1n) is 3.88. The summed E-state index contributed by atoms with van der Waals surface area (Å²) in [6.07, 6.45) is 5.18. The van der Waals surface area contributed by atoms with Gasteiger partial charge in [-0.2, -0.15) is 0 Å². The van der Waals surface area contributed by atoms with Crippen molar-refractivity contribution in [1.29, 1.82) is 0 Å². The molecule has 0 aliphatic heterocycles. The van der Waals surface area contributed by atoms with Gasteiger partial charge in [0.05, 0.1) is 0 Å². The molecule has 0 aromatic rings. The summed E-state index contributed by atoms with van der Waals surface area (Å²) in [5.41, 5.74) is 2.95. The van der Waals surface area contributed by atoms with Crippen molar-refractivity contribution in [3.8, 4) is 0 Å². The van der Waals surface area contributed by atoms with Gasteiger partial charge in [-0.15, -0.1) is 0 Å². The topological polar surface area (TPSA) is 15.3 Å². The highest BCUT2D eigenvalue weighted by Gasteiger charge is 1.76. The molecule has 0 aromatic heterocycles. The van der Waals surface area contributed by atoms with E-state index in [2.05, 4.69) is 18.4 Å². The molecule has 62 valence electrons. The molecule has 1 N–H and O–H groups in total. The highest BCUT2D eigenvalue weighted by molar-refractivity contribution is 4.76. The first-order valence-corrected chi connectivity index (χ1v) is 3.88. The SMILES string of the molecule is CC.CC/C=C/N(C)NC. The molecule has 0 rings (SSSR count). The minimum Gasteiger partial charge on any atom is -0.319 e. The number of nitrogens with one attached hydrogen (secondary N) is 1. The number of hydrazine groups is 1. The maximum absolute atomic E-state index is 2.95. The van der Waals surface area contributed by atoms with Crippen molar-refractivity contribution in [1.82, 2.24) is 10.4 Å². The predicted molar refractivity (Wildman–Crippen MR) is 47.6 cm³/mol. The lowest BCUT2D eigenvalue weighted by Gasteiger charge is -2.09. The Bertz CT molecular complexity index is 69.7. The monoisotopic (exact) mass is 144 g/mol.